The maximum Gasteiger partial charge on any atom is 0.0674 e. The fourth-order valence-electron chi connectivity index (χ4n) is 4.10. The van der Waals surface area contributed by atoms with Gasteiger partial charge in [-0.05, 0) is 45.1 Å². The van der Waals surface area contributed by atoms with E-state index in [2.05, 4.69) is 37.9 Å². The van der Waals surface area contributed by atoms with E-state index in [1.165, 1.54) is 32.1 Å². The molecule has 5 atom stereocenters. The molecule has 1 heterocycles. The van der Waals surface area contributed by atoms with Crippen LogP contribution in [-0.2, 0) is 4.74 Å². The molecule has 1 saturated carbocycles. The molecule has 1 aliphatic carbocycles. The van der Waals surface area contributed by atoms with E-state index in [0.29, 0.717) is 24.2 Å². The fraction of sp³-hybridized carbons (Fsp3) is 1.00. The molecule has 2 rings (SSSR count). The van der Waals surface area contributed by atoms with Crippen LogP contribution in [0, 0.1) is 5.92 Å². The van der Waals surface area contributed by atoms with E-state index in [9.17, 15) is 0 Å². The van der Waals surface area contributed by atoms with Gasteiger partial charge in [0.1, 0.15) is 0 Å². The number of hydrogen-bond donors (Lipinski definition) is 1. The maximum atomic E-state index is 5.89. The molecule has 2 aliphatic rings. The minimum atomic E-state index is 0.391. The van der Waals surface area contributed by atoms with Gasteiger partial charge in [-0.1, -0.05) is 27.2 Å². The SMILES string of the molecule is CCNC1CCC(CC)CC1N1CC(C)OCC1CC. The molecule has 20 heavy (non-hydrogen) atoms. The Morgan fingerprint density at radius 1 is 1.15 bits per heavy atom. The van der Waals surface area contributed by atoms with Crippen molar-refractivity contribution < 1.29 is 4.74 Å². The lowest BCUT2D eigenvalue weighted by atomic mass is 9.79. The molecule has 2 fully saturated rings. The lowest BCUT2D eigenvalue weighted by molar-refractivity contribution is -0.0860. The predicted molar refractivity (Wildman–Crippen MR) is 85.1 cm³/mol. The summed E-state index contributed by atoms with van der Waals surface area (Å²) in [6, 6.07) is 2.01. The first-order valence-electron chi connectivity index (χ1n) is 8.80. The third-order valence-electron chi connectivity index (χ3n) is 5.38. The summed E-state index contributed by atoms with van der Waals surface area (Å²) >= 11 is 0. The molecule has 1 N–H and O–H groups in total. The Balaban J connectivity index is 2.09. The second-order valence-electron chi connectivity index (χ2n) is 6.72. The molecule has 1 saturated heterocycles. The largest absolute Gasteiger partial charge is 0.376 e. The van der Waals surface area contributed by atoms with E-state index < -0.39 is 0 Å². The minimum Gasteiger partial charge on any atom is -0.376 e. The zero-order chi connectivity index (χ0) is 14.5. The van der Waals surface area contributed by atoms with Crippen molar-refractivity contribution in [3.05, 3.63) is 0 Å². The molecule has 0 bridgehead atoms. The van der Waals surface area contributed by atoms with Gasteiger partial charge in [0.25, 0.3) is 0 Å². The Morgan fingerprint density at radius 2 is 1.95 bits per heavy atom. The molecule has 3 heteroatoms. The molecule has 0 amide bonds. The lowest BCUT2D eigenvalue weighted by Crippen LogP contribution is -2.60. The highest BCUT2D eigenvalue weighted by atomic mass is 16.5. The monoisotopic (exact) mass is 282 g/mol. The van der Waals surface area contributed by atoms with Crippen molar-refractivity contribution in [1.82, 2.24) is 10.2 Å². The van der Waals surface area contributed by atoms with E-state index in [4.69, 9.17) is 4.74 Å². The molecule has 118 valence electrons. The van der Waals surface area contributed by atoms with Crippen molar-refractivity contribution >= 4 is 0 Å². The second kappa shape index (κ2) is 7.77. The topological polar surface area (TPSA) is 24.5 Å². The highest BCUT2D eigenvalue weighted by molar-refractivity contribution is 4.94. The number of nitrogens with zero attached hydrogens (tertiary/aromatic N) is 1. The van der Waals surface area contributed by atoms with Gasteiger partial charge < -0.3 is 10.1 Å². The number of rotatable bonds is 5. The second-order valence-corrected chi connectivity index (χ2v) is 6.72. The van der Waals surface area contributed by atoms with Gasteiger partial charge in [-0.2, -0.15) is 0 Å². The molecular formula is C17H34N2O. The average Bonchev–Trinajstić information content (AvgIpc) is 2.48. The van der Waals surface area contributed by atoms with Crippen molar-refractivity contribution in [3.63, 3.8) is 0 Å². The summed E-state index contributed by atoms with van der Waals surface area (Å²) in [6.07, 6.45) is 7.06. The first-order valence-corrected chi connectivity index (χ1v) is 8.80. The smallest absolute Gasteiger partial charge is 0.0674 e. The standard InChI is InChI=1S/C17H34N2O/c1-5-14-8-9-16(18-7-3)17(10-14)19-11-13(4)20-12-15(19)6-2/h13-18H,5-12H2,1-4H3. The van der Waals surface area contributed by atoms with Crippen LogP contribution in [0.25, 0.3) is 0 Å². The van der Waals surface area contributed by atoms with Gasteiger partial charge in [0.15, 0.2) is 0 Å². The van der Waals surface area contributed by atoms with Crippen molar-refractivity contribution in [1.29, 1.82) is 0 Å². The summed E-state index contributed by atoms with van der Waals surface area (Å²) < 4.78 is 5.89. The van der Waals surface area contributed by atoms with Gasteiger partial charge in [-0.25, -0.2) is 0 Å². The first kappa shape index (κ1) is 16.3. The molecule has 3 nitrogen and oxygen atoms in total. The van der Waals surface area contributed by atoms with E-state index >= 15 is 0 Å². The molecule has 0 spiro atoms. The van der Waals surface area contributed by atoms with Crippen LogP contribution in [0.2, 0.25) is 0 Å². The predicted octanol–water partition coefficient (Wildman–Crippen LogP) is 3.04. The highest BCUT2D eigenvalue weighted by Gasteiger charge is 2.38. The Hall–Kier alpha value is -0.120. The van der Waals surface area contributed by atoms with Crippen LogP contribution in [0.15, 0.2) is 0 Å². The summed E-state index contributed by atoms with van der Waals surface area (Å²) in [5, 5.41) is 3.75. The van der Waals surface area contributed by atoms with Crippen molar-refractivity contribution in [2.75, 3.05) is 19.7 Å². The van der Waals surface area contributed by atoms with E-state index in [-0.39, 0.29) is 0 Å². The number of nitrogens with one attached hydrogen (secondary N) is 1. The summed E-state index contributed by atoms with van der Waals surface area (Å²) in [5.74, 6) is 0.922. The molecule has 1 aliphatic heterocycles. The molecule has 0 aromatic carbocycles. The zero-order valence-electron chi connectivity index (χ0n) is 13.9. The van der Waals surface area contributed by atoms with Gasteiger partial charge in [0.2, 0.25) is 0 Å². The van der Waals surface area contributed by atoms with Crippen molar-refractivity contribution in [3.8, 4) is 0 Å². The lowest BCUT2D eigenvalue weighted by Gasteiger charge is -2.49. The summed E-state index contributed by atoms with van der Waals surface area (Å²) in [5.41, 5.74) is 0. The van der Waals surface area contributed by atoms with Crippen LogP contribution in [0.3, 0.4) is 0 Å². The molecule has 0 aromatic heterocycles. The highest BCUT2D eigenvalue weighted by Crippen LogP contribution is 2.33. The van der Waals surface area contributed by atoms with E-state index in [0.717, 1.165) is 25.6 Å². The van der Waals surface area contributed by atoms with Crippen LogP contribution in [0.4, 0.5) is 0 Å². The average molecular weight is 282 g/mol. The molecule has 0 radical (unpaired) electrons. The van der Waals surface area contributed by atoms with Crippen LogP contribution in [0.1, 0.15) is 59.8 Å². The minimum absolute atomic E-state index is 0.391. The van der Waals surface area contributed by atoms with Gasteiger partial charge in [0.05, 0.1) is 12.7 Å². The summed E-state index contributed by atoms with van der Waals surface area (Å²) in [6.45, 7) is 12.2. The quantitative estimate of drug-likeness (QED) is 0.839. The summed E-state index contributed by atoms with van der Waals surface area (Å²) in [7, 11) is 0. The third kappa shape index (κ3) is 3.75. The van der Waals surface area contributed by atoms with Crippen molar-refractivity contribution in [2.45, 2.75) is 84.0 Å². The van der Waals surface area contributed by atoms with Gasteiger partial charge >= 0.3 is 0 Å². The first-order chi connectivity index (χ1) is 9.69. The van der Waals surface area contributed by atoms with Crippen LogP contribution < -0.4 is 5.32 Å². The number of ether oxygens (including phenoxy) is 1. The molecular weight excluding hydrogens is 248 g/mol. The van der Waals surface area contributed by atoms with Crippen LogP contribution in [-0.4, -0.2) is 48.8 Å². The number of likely N-dealkylation sites (N-methyl/N-ethyl adjacent to an activating group) is 1. The summed E-state index contributed by atoms with van der Waals surface area (Å²) in [4.78, 5) is 2.78. The zero-order valence-corrected chi connectivity index (χ0v) is 13.9. The Morgan fingerprint density at radius 3 is 2.60 bits per heavy atom. The third-order valence-corrected chi connectivity index (χ3v) is 5.38. The normalized spacial score (nSPS) is 39.9. The Bertz CT molecular complexity index is 284. The van der Waals surface area contributed by atoms with Crippen LogP contribution >= 0.6 is 0 Å². The Labute approximate surface area is 125 Å². The van der Waals surface area contributed by atoms with Gasteiger partial charge in [-0.3, -0.25) is 4.90 Å². The molecule has 5 unspecified atom stereocenters. The number of morpholine rings is 1. The van der Waals surface area contributed by atoms with Crippen molar-refractivity contribution in [2.24, 2.45) is 5.92 Å². The number of hydrogen-bond acceptors (Lipinski definition) is 3. The van der Waals surface area contributed by atoms with Gasteiger partial charge in [0, 0.05) is 24.7 Å². The fourth-order valence-corrected chi connectivity index (χ4v) is 4.10. The maximum absolute atomic E-state index is 5.89. The van der Waals surface area contributed by atoms with Gasteiger partial charge in [-0.15, -0.1) is 0 Å². The molecule has 0 aromatic rings. The Kier molecular flexibility index (Phi) is 6.31. The van der Waals surface area contributed by atoms with Crippen LogP contribution in [0.5, 0.6) is 0 Å². The van der Waals surface area contributed by atoms with E-state index in [1.807, 2.05) is 0 Å². The van der Waals surface area contributed by atoms with E-state index in [1.54, 1.807) is 0 Å².